The minimum absolute atomic E-state index is 0.357. The molecule has 1 aromatic rings. The third-order valence-corrected chi connectivity index (χ3v) is 2.88. The minimum atomic E-state index is -6.73. The molecule has 1 aromatic carbocycles. The van der Waals surface area contributed by atoms with E-state index in [-0.39, 0.29) is 11.6 Å². The number of hydrogen-bond donors (Lipinski definition) is 0. The van der Waals surface area contributed by atoms with E-state index in [0.29, 0.717) is 0 Å². The van der Waals surface area contributed by atoms with Crippen molar-refractivity contribution in [1.29, 1.82) is 0 Å². The largest absolute Gasteiger partial charge is 0.415 e. The SMILES string of the molecule is O=C(C=CC(C(F)(F)F)(C(F)(F)F)C(F)(F)F)c1ccccc1. The van der Waals surface area contributed by atoms with Crippen LogP contribution in [0.5, 0.6) is 0 Å². The second-order valence-corrected chi connectivity index (χ2v) is 4.36. The molecule has 0 N–H and O–H groups in total. The van der Waals surface area contributed by atoms with E-state index < -0.39 is 35.8 Å². The number of carbonyl (C=O) groups is 1. The number of ketones is 1. The molecule has 0 fully saturated rings. The van der Waals surface area contributed by atoms with Gasteiger partial charge in [-0.15, -0.1) is 0 Å². The zero-order chi connectivity index (χ0) is 18.1. The molecular formula is C13H7F9O. The molecular weight excluding hydrogens is 343 g/mol. The van der Waals surface area contributed by atoms with Gasteiger partial charge in [-0.2, -0.15) is 39.5 Å². The maximum Gasteiger partial charge on any atom is 0.415 e. The third kappa shape index (κ3) is 3.50. The van der Waals surface area contributed by atoms with Gasteiger partial charge < -0.3 is 0 Å². The highest BCUT2D eigenvalue weighted by Crippen LogP contribution is 2.60. The van der Waals surface area contributed by atoms with Crippen LogP contribution in [0.25, 0.3) is 0 Å². The van der Waals surface area contributed by atoms with E-state index in [1.807, 2.05) is 0 Å². The lowest BCUT2D eigenvalue weighted by Gasteiger charge is -2.36. The van der Waals surface area contributed by atoms with Gasteiger partial charge in [-0.1, -0.05) is 30.3 Å². The second-order valence-electron chi connectivity index (χ2n) is 4.36. The standard InChI is InChI=1S/C13H7F9O/c14-11(15,16)10(12(17,18)19,13(20,21)22)7-6-9(23)8-4-2-1-3-5-8/h1-7H. The van der Waals surface area contributed by atoms with Crippen molar-refractivity contribution in [3.63, 3.8) is 0 Å². The number of allylic oxidation sites excluding steroid dienone is 2. The molecule has 0 amide bonds. The zero-order valence-electron chi connectivity index (χ0n) is 10.9. The van der Waals surface area contributed by atoms with Crippen LogP contribution >= 0.6 is 0 Å². The van der Waals surface area contributed by atoms with E-state index in [4.69, 9.17) is 0 Å². The number of carbonyl (C=O) groups excluding carboxylic acids is 1. The molecule has 0 unspecified atom stereocenters. The van der Waals surface area contributed by atoms with Crippen molar-refractivity contribution in [2.24, 2.45) is 5.41 Å². The van der Waals surface area contributed by atoms with Gasteiger partial charge >= 0.3 is 18.5 Å². The summed E-state index contributed by atoms with van der Waals surface area (Å²) in [5.74, 6) is -1.42. The van der Waals surface area contributed by atoms with Crippen LogP contribution < -0.4 is 0 Å². The molecule has 0 spiro atoms. The molecule has 0 heterocycles. The highest BCUT2D eigenvalue weighted by molar-refractivity contribution is 6.04. The molecule has 0 aliphatic carbocycles. The van der Waals surface area contributed by atoms with Gasteiger partial charge in [-0.3, -0.25) is 4.79 Å². The zero-order valence-corrected chi connectivity index (χ0v) is 10.9. The Balaban J connectivity index is 3.43. The Hall–Kier alpha value is -2.00. The Morgan fingerprint density at radius 3 is 1.48 bits per heavy atom. The van der Waals surface area contributed by atoms with E-state index in [0.717, 1.165) is 12.1 Å². The summed E-state index contributed by atoms with van der Waals surface area (Å²) in [4.78, 5) is 11.5. The Labute approximate surface area is 123 Å². The van der Waals surface area contributed by atoms with Gasteiger partial charge in [0.2, 0.25) is 0 Å². The molecule has 0 aliphatic heterocycles. The first-order valence-corrected chi connectivity index (χ1v) is 5.73. The molecule has 0 radical (unpaired) electrons. The molecule has 10 heteroatoms. The van der Waals surface area contributed by atoms with E-state index in [2.05, 4.69) is 0 Å². The average Bonchev–Trinajstić information content (AvgIpc) is 2.35. The summed E-state index contributed by atoms with van der Waals surface area (Å²) in [6.45, 7) is 0. The lowest BCUT2D eigenvalue weighted by molar-refractivity contribution is -0.406. The van der Waals surface area contributed by atoms with Crippen molar-refractivity contribution in [2.75, 3.05) is 0 Å². The van der Waals surface area contributed by atoms with Crippen LogP contribution in [0.4, 0.5) is 39.5 Å². The van der Waals surface area contributed by atoms with Crippen molar-refractivity contribution in [2.45, 2.75) is 18.5 Å². The van der Waals surface area contributed by atoms with Gasteiger partial charge in [-0.25, -0.2) is 0 Å². The van der Waals surface area contributed by atoms with Crippen LogP contribution in [0.2, 0.25) is 0 Å². The lowest BCUT2D eigenvalue weighted by Crippen LogP contribution is -2.58. The monoisotopic (exact) mass is 350 g/mol. The summed E-state index contributed by atoms with van der Waals surface area (Å²) in [5.41, 5.74) is -6.48. The third-order valence-electron chi connectivity index (χ3n) is 2.88. The predicted molar refractivity (Wildman–Crippen MR) is 60.5 cm³/mol. The summed E-state index contributed by atoms with van der Waals surface area (Å²) in [5, 5.41) is 0. The van der Waals surface area contributed by atoms with Crippen LogP contribution in [0, 0.1) is 5.41 Å². The van der Waals surface area contributed by atoms with E-state index >= 15 is 0 Å². The number of alkyl halides is 9. The van der Waals surface area contributed by atoms with Crippen LogP contribution in [-0.4, -0.2) is 24.3 Å². The summed E-state index contributed by atoms with van der Waals surface area (Å²) in [6.07, 6.45) is -21.7. The summed E-state index contributed by atoms with van der Waals surface area (Å²) in [6, 6.07) is 5.94. The van der Waals surface area contributed by atoms with Crippen molar-refractivity contribution in [3.8, 4) is 0 Å². The molecule has 0 aliphatic rings. The van der Waals surface area contributed by atoms with Gasteiger partial charge in [0, 0.05) is 5.56 Å². The van der Waals surface area contributed by atoms with Gasteiger partial charge in [0.25, 0.3) is 5.41 Å². The van der Waals surface area contributed by atoms with E-state index in [1.54, 1.807) is 0 Å². The van der Waals surface area contributed by atoms with Gasteiger partial charge in [0.1, 0.15) is 0 Å². The second kappa shape index (κ2) is 5.89. The summed E-state index contributed by atoms with van der Waals surface area (Å²) in [7, 11) is 0. The smallest absolute Gasteiger partial charge is 0.289 e. The first-order chi connectivity index (χ1) is 10.2. The van der Waals surface area contributed by atoms with Crippen molar-refractivity contribution in [3.05, 3.63) is 48.0 Å². The van der Waals surface area contributed by atoms with Crippen LogP contribution in [0.15, 0.2) is 42.5 Å². The molecule has 0 saturated carbocycles. The molecule has 0 aromatic heterocycles. The number of halogens is 9. The maximum absolute atomic E-state index is 12.6. The first kappa shape index (κ1) is 19.0. The average molecular weight is 350 g/mol. The molecule has 1 rings (SSSR count). The van der Waals surface area contributed by atoms with Gasteiger partial charge in [0.15, 0.2) is 5.78 Å². The molecule has 0 bridgehead atoms. The van der Waals surface area contributed by atoms with Crippen LogP contribution in [0.3, 0.4) is 0 Å². The summed E-state index contributed by atoms with van der Waals surface area (Å²) >= 11 is 0. The number of hydrogen-bond acceptors (Lipinski definition) is 1. The van der Waals surface area contributed by atoms with Crippen molar-refractivity contribution < 1.29 is 44.3 Å². The Morgan fingerprint density at radius 2 is 1.13 bits per heavy atom. The van der Waals surface area contributed by atoms with Crippen molar-refractivity contribution in [1.82, 2.24) is 0 Å². The lowest BCUT2D eigenvalue weighted by atomic mass is 9.84. The normalized spacial score (nSPS) is 14.3. The van der Waals surface area contributed by atoms with E-state index in [9.17, 15) is 44.3 Å². The quantitative estimate of drug-likeness (QED) is 0.421. The highest BCUT2D eigenvalue weighted by atomic mass is 19.4. The van der Waals surface area contributed by atoms with Crippen molar-refractivity contribution >= 4 is 5.78 Å². The Kier molecular flexibility index (Phi) is 4.88. The van der Waals surface area contributed by atoms with Crippen LogP contribution in [-0.2, 0) is 0 Å². The molecule has 0 atom stereocenters. The topological polar surface area (TPSA) is 17.1 Å². The Bertz CT molecular complexity index is 542. The predicted octanol–water partition coefficient (Wildman–Crippen LogP) is 5.10. The van der Waals surface area contributed by atoms with E-state index in [1.165, 1.54) is 18.2 Å². The van der Waals surface area contributed by atoms with Crippen LogP contribution in [0.1, 0.15) is 10.4 Å². The highest BCUT2D eigenvalue weighted by Gasteiger charge is 2.82. The number of rotatable bonds is 3. The molecule has 0 saturated heterocycles. The fourth-order valence-electron chi connectivity index (χ4n) is 1.66. The molecule has 128 valence electrons. The fraction of sp³-hybridized carbons (Fsp3) is 0.308. The molecule has 1 nitrogen and oxygen atoms in total. The fourth-order valence-corrected chi connectivity index (χ4v) is 1.66. The van der Waals surface area contributed by atoms with Gasteiger partial charge in [-0.05, 0) is 12.2 Å². The Morgan fingerprint density at radius 1 is 0.739 bits per heavy atom. The maximum atomic E-state index is 12.6. The minimum Gasteiger partial charge on any atom is -0.289 e. The number of benzene rings is 1. The molecule has 23 heavy (non-hydrogen) atoms. The summed E-state index contributed by atoms with van der Waals surface area (Å²) < 4.78 is 114. The van der Waals surface area contributed by atoms with Gasteiger partial charge in [0.05, 0.1) is 0 Å². The first-order valence-electron chi connectivity index (χ1n) is 5.73.